The molecule has 6 heteroatoms. The van der Waals surface area contributed by atoms with Crippen molar-refractivity contribution in [1.29, 1.82) is 0 Å². The molecule has 6 nitrogen and oxygen atoms in total. The van der Waals surface area contributed by atoms with Gasteiger partial charge in [-0.15, -0.1) is 0 Å². The minimum atomic E-state index is -0.216. The number of amides is 1. The van der Waals surface area contributed by atoms with Gasteiger partial charge < -0.3 is 10.3 Å². The molecule has 0 atom stereocenters. The van der Waals surface area contributed by atoms with E-state index in [0.29, 0.717) is 17.9 Å². The molecule has 0 aliphatic heterocycles. The van der Waals surface area contributed by atoms with E-state index in [0.717, 1.165) is 0 Å². The lowest BCUT2D eigenvalue weighted by Crippen LogP contribution is -2.23. The zero-order valence-electron chi connectivity index (χ0n) is 7.84. The van der Waals surface area contributed by atoms with Crippen LogP contribution in [0.3, 0.4) is 0 Å². The monoisotopic (exact) mass is 203 g/mol. The molecule has 0 radical (unpaired) electrons. The Hall–Kier alpha value is -2.24. The summed E-state index contributed by atoms with van der Waals surface area (Å²) in [4.78, 5) is 25.9. The minimum absolute atomic E-state index is 0.216. The second-order valence-corrected chi connectivity index (χ2v) is 2.85. The molecule has 0 aromatic carbocycles. The van der Waals surface area contributed by atoms with Crippen LogP contribution < -0.4 is 5.32 Å². The van der Waals surface area contributed by atoms with Crippen molar-refractivity contribution < 1.29 is 4.79 Å². The molecule has 0 unspecified atom stereocenters. The molecule has 15 heavy (non-hydrogen) atoms. The summed E-state index contributed by atoms with van der Waals surface area (Å²) >= 11 is 0. The number of aromatic nitrogens is 4. The Labute approximate surface area is 85.8 Å². The average Bonchev–Trinajstić information content (AvgIpc) is 2.80. The van der Waals surface area contributed by atoms with Gasteiger partial charge in [0.15, 0.2) is 0 Å². The number of nitrogens with zero attached hydrogens (tertiary/aromatic N) is 3. The molecule has 0 aliphatic carbocycles. The number of hydrogen-bond acceptors (Lipinski definition) is 4. The summed E-state index contributed by atoms with van der Waals surface area (Å²) in [6.07, 6.45) is 7.64. The third-order valence-electron chi connectivity index (χ3n) is 1.79. The second kappa shape index (κ2) is 4.32. The SMILES string of the molecule is O=C(NCc1ncc[nH]1)c1cncnc1. The van der Waals surface area contributed by atoms with Crippen molar-refractivity contribution in [3.05, 3.63) is 42.5 Å². The van der Waals surface area contributed by atoms with E-state index in [1.807, 2.05) is 0 Å². The van der Waals surface area contributed by atoms with Gasteiger partial charge in [0, 0.05) is 24.8 Å². The molecule has 0 saturated carbocycles. The Morgan fingerprint density at radius 3 is 2.87 bits per heavy atom. The van der Waals surface area contributed by atoms with E-state index in [1.165, 1.54) is 18.7 Å². The van der Waals surface area contributed by atoms with Crippen molar-refractivity contribution in [3.63, 3.8) is 0 Å². The van der Waals surface area contributed by atoms with E-state index >= 15 is 0 Å². The van der Waals surface area contributed by atoms with Crippen molar-refractivity contribution in [2.24, 2.45) is 0 Å². The highest BCUT2D eigenvalue weighted by atomic mass is 16.1. The maximum atomic E-state index is 11.5. The summed E-state index contributed by atoms with van der Waals surface area (Å²) in [5.74, 6) is 0.493. The first-order valence-corrected chi connectivity index (χ1v) is 4.38. The van der Waals surface area contributed by atoms with Crippen LogP contribution in [-0.4, -0.2) is 25.8 Å². The fourth-order valence-corrected chi connectivity index (χ4v) is 1.08. The van der Waals surface area contributed by atoms with Crippen LogP contribution in [-0.2, 0) is 6.54 Å². The molecule has 0 aliphatic rings. The van der Waals surface area contributed by atoms with Crippen LogP contribution in [0.1, 0.15) is 16.2 Å². The third kappa shape index (κ3) is 2.37. The summed E-state index contributed by atoms with van der Waals surface area (Å²) in [5, 5.41) is 2.69. The number of H-pyrrole nitrogens is 1. The molecule has 2 heterocycles. The second-order valence-electron chi connectivity index (χ2n) is 2.85. The van der Waals surface area contributed by atoms with Crippen molar-refractivity contribution in [2.75, 3.05) is 0 Å². The molecule has 2 rings (SSSR count). The van der Waals surface area contributed by atoms with Gasteiger partial charge in [0.05, 0.1) is 12.1 Å². The first-order valence-electron chi connectivity index (χ1n) is 4.38. The quantitative estimate of drug-likeness (QED) is 0.742. The molecule has 0 saturated heterocycles. The lowest BCUT2D eigenvalue weighted by atomic mass is 10.3. The van der Waals surface area contributed by atoms with Crippen LogP contribution in [0.5, 0.6) is 0 Å². The molecule has 76 valence electrons. The average molecular weight is 203 g/mol. The fourth-order valence-electron chi connectivity index (χ4n) is 1.08. The lowest BCUT2D eigenvalue weighted by Gasteiger charge is -2.01. The first kappa shape index (κ1) is 9.32. The van der Waals surface area contributed by atoms with Gasteiger partial charge in [-0.05, 0) is 0 Å². The normalized spacial score (nSPS) is 9.87. The Morgan fingerprint density at radius 2 is 2.20 bits per heavy atom. The van der Waals surface area contributed by atoms with Gasteiger partial charge in [0.2, 0.25) is 0 Å². The van der Waals surface area contributed by atoms with Crippen LogP contribution in [0.25, 0.3) is 0 Å². The summed E-state index contributed by atoms with van der Waals surface area (Å²) < 4.78 is 0. The largest absolute Gasteiger partial charge is 0.347 e. The molecule has 0 fully saturated rings. The maximum Gasteiger partial charge on any atom is 0.254 e. The Kier molecular flexibility index (Phi) is 2.68. The molecular weight excluding hydrogens is 194 g/mol. The number of aromatic amines is 1. The zero-order chi connectivity index (χ0) is 10.5. The molecule has 0 bridgehead atoms. The van der Waals surface area contributed by atoms with Crippen molar-refractivity contribution in [3.8, 4) is 0 Å². The van der Waals surface area contributed by atoms with Gasteiger partial charge in [0.25, 0.3) is 5.91 Å². The van der Waals surface area contributed by atoms with E-state index in [4.69, 9.17) is 0 Å². The predicted octanol–water partition coefficient (Wildman–Crippen LogP) is 0.130. The lowest BCUT2D eigenvalue weighted by molar-refractivity contribution is 0.0949. The number of imidazole rings is 1. The first-order chi connectivity index (χ1) is 7.36. The molecule has 2 N–H and O–H groups in total. The minimum Gasteiger partial charge on any atom is -0.347 e. The smallest absolute Gasteiger partial charge is 0.254 e. The highest BCUT2D eigenvalue weighted by Gasteiger charge is 2.05. The van der Waals surface area contributed by atoms with E-state index in [9.17, 15) is 4.79 Å². The van der Waals surface area contributed by atoms with E-state index in [-0.39, 0.29) is 5.91 Å². The highest BCUT2D eigenvalue weighted by molar-refractivity contribution is 5.93. The summed E-state index contributed by atoms with van der Waals surface area (Å²) in [6.45, 7) is 0.362. The van der Waals surface area contributed by atoms with Crippen LogP contribution in [0.2, 0.25) is 0 Å². The van der Waals surface area contributed by atoms with Crippen LogP contribution in [0, 0.1) is 0 Å². The van der Waals surface area contributed by atoms with Crippen molar-refractivity contribution in [1.82, 2.24) is 25.3 Å². The summed E-state index contributed by atoms with van der Waals surface area (Å²) in [6, 6.07) is 0. The fraction of sp³-hybridized carbons (Fsp3) is 0.111. The van der Waals surface area contributed by atoms with Gasteiger partial charge in [-0.2, -0.15) is 0 Å². The van der Waals surface area contributed by atoms with Crippen molar-refractivity contribution in [2.45, 2.75) is 6.54 Å². The summed E-state index contributed by atoms with van der Waals surface area (Å²) in [7, 11) is 0. The van der Waals surface area contributed by atoms with Crippen LogP contribution >= 0.6 is 0 Å². The van der Waals surface area contributed by atoms with E-state index < -0.39 is 0 Å². The van der Waals surface area contributed by atoms with Gasteiger partial charge in [-0.1, -0.05) is 0 Å². The molecule has 0 spiro atoms. The topological polar surface area (TPSA) is 83.6 Å². The van der Waals surface area contributed by atoms with Gasteiger partial charge in [-0.25, -0.2) is 15.0 Å². The number of rotatable bonds is 3. The standard InChI is InChI=1S/C9H9N5O/c15-9(7-3-10-6-11-4-7)14-5-8-12-1-2-13-8/h1-4,6H,5H2,(H,12,13)(H,14,15). The predicted molar refractivity (Wildman–Crippen MR) is 51.8 cm³/mol. The van der Waals surface area contributed by atoms with Crippen LogP contribution in [0.4, 0.5) is 0 Å². The number of nitrogens with one attached hydrogen (secondary N) is 2. The number of hydrogen-bond donors (Lipinski definition) is 2. The van der Waals surface area contributed by atoms with E-state index in [2.05, 4.69) is 25.3 Å². The molecular formula is C9H9N5O. The van der Waals surface area contributed by atoms with Gasteiger partial charge in [-0.3, -0.25) is 4.79 Å². The molecule has 1 amide bonds. The Bertz CT molecular complexity index is 425. The Morgan fingerprint density at radius 1 is 1.40 bits per heavy atom. The molecule has 2 aromatic heterocycles. The van der Waals surface area contributed by atoms with Gasteiger partial charge in [0.1, 0.15) is 12.2 Å². The molecule has 2 aromatic rings. The Balaban J connectivity index is 1.94. The number of carbonyl (C=O) groups is 1. The van der Waals surface area contributed by atoms with Crippen LogP contribution in [0.15, 0.2) is 31.1 Å². The maximum absolute atomic E-state index is 11.5. The third-order valence-corrected chi connectivity index (χ3v) is 1.79. The van der Waals surface area contributed by atoms with E-state index in [1.54, 1.807) is 12.4 Å². The zero-order valence-corrected chi connectivity index (χ0v) is 7.84. The highest BCUT2D eigenvalue weighted by Crippen LogP contribution is 1.94. The van der Waals surface area contributed by atoms with Crippen molar-refractivity contribution >= 4 is 5.91 Å². The number of carbonyl (C=O) groups excluding carboxylic acids is 1. The summed E-state index contributed by atoms with van der Waals surface area (Å²) in [5.41, 5.74) is 0.434. The van der Waals surface area contributed by atoms with Gasteiger partial charge >= 0.3 is 0 Å².